The Morgan fingerprint density at radius 2 is 1.90 bits per heavy atom. The van der Waals surface area contributed by atoms with Crippen LogP contribution in [0.1, 0.15) is 57.2 Å². The molecule has 0 radical (unpaired) electrons. The summed E-state index contributed by atoms with van der Waals surface area (Å²) in [6, 6.07) is 6.00. The number of carbonyl (C=O) groups excluding carboxylic acids is 1. The van der Waals surface area contributed by atoms with E-state index in [1.165, 1.54) is 6.42 Å². The lowest BCUT2D eigenvalue weighted by atomic mass is 9.81. The van der Waals surface area contributed by atoms with Gasteiger partial charge in [-0.2, -0.15) is 5.10 Å². The van der Waals surface area contributed by atoms with Gasteiger partial charge in [0.2, 0.25) is 5.91 Å². The molecule has 1 atom stereocenters. The molecule has 1 saturated heterocycles. The summed E-state index contributed by atoms with van der Waals surface area (Å²) in [6.07, 6.45) is 7.99. The van der Waals surface area contributed by atoms with Crippen molar-refractivity contribution in [3.8, 4) is 22.8 Å². The van der Waals surface area contributed by atoms with Gasteiger partial charge < -0.3 is 14.4 Å². The standard InChI is InChI=1S/C23H30N4O3/c1-3-27-21(24-23(22(27)28)10-5-4-6-11-23)17-15-26(2)25-20(17)16-8-9-18-19(14-16)30-13-7-12-29-18/h8-9,14-15,21,24H,3-7,10-13H2,1-2H3. The number of likely N-dealkylation sites (N-methyl/N-ethyl adjacent to an activating group) is 1. The van der Waals surface area contributed by atoms with Crippen molar-refractivity contribution in [3.05, 3.63) is 30.0 Å². The number of aromatic nitrogens is 2. The molecule has 1 aromatic carbocycles. The van der Waals surface area contributed by atoms with Gasteiger partial charge in [-0.05, 0) is 38.0 Å². The van der Waals surface area contributed by atoms with Crippen LogP contribution < -0.4 is 14.8 Å². The van der Waals surface area contributed by atoms with Gasteiger partial charge in [0.05, 0.1) is 24.4 Å². The second kappa shape index (κ2) is 7.61. The summed E-state index contributed by atoms with van der Waals surface area (Å²) in [5, 5.41) is 8.50. The third-order valence-electron chi connectivity index (χ3n) is 6.62. The van der Waals surface area contributed by atoms with E-state index in [1.807, 2.05) is 41.0 Å². The summed E-state index contributed by atoms with van der Waals surface area (Å²) in [4.78, 5) is 15.4. The van der Waals surface area contributed by atoms with E-state index in [0.29, 0.717) is 19.8 Å². The van der Waals surface area contributed by atoms with E-state index in [2.05, 4.69) is 12.2 Å². The summed E-state index contributed by atoms with van der Waals surface area (Å²) >= 11 is 0. The van der Waals surface area contributed by atoms with E-state index in [-0.39, 0.29) is 12.1 Å². The Kier molecular flexibility index (Phi) is 4.93. The van der Waals surface area contributed by atoms with E-state index in [9.17, 15) is 4.79 Å². The smallest absolute Gasteiger partial charge is 0.244 e. The monoisotopic (exact) mass is 410 g/mol. The van der Waals surface area contributed by atoms with Crippen LogP contribution in [0.15, 0.2) is 24.4 Å². The Labute approximate surface area is 177 Å². The molecule has 7 nitrogen and oxygen atoms in total. The van der Waals surface area contributed by atoms with E-state index in [0.717, 1.165) is 60.4 Å². The number of ether oxygens (including phenoxy) is 2. The van der Waals surface area contributed by atoms with Gasteiger partial charge in [-0.25, -0.2) is 0 Å². The number of carbonyl (C=O) groups is 1. The summed E-state index contributed by atoms with van der Waals surface area (Å²) in [7, 11) is 1.93. The molecule has 0 bridgehead atoms. The van der Waals surface area contributed by atoms with Gasteiger partial charge in [-0.1, -0.05) is 19.3 Å². The predicted octanol–water partition coefficient (Wildman–Crippen LogP) is 3.40. The molecule has 7 heteroatoms. The normalized spacial score (nSPS) is 23.1. The van der Waals surface area contributed by atoms with Crippen molar-refractivity contribution >= 4 is 5.91 Å². The lowest BCUT2D eigenvalue weighted by Gasteiger charge is -2.31. The van der Waals surface area contributed by atoms with E-state index >= 15 is 0 Å². The third kappa shape index (κ3) is 3.16. The Balaban J connectivity index is 1.54. The van der Waals surface area contributed by atoms with Crippen molar-refractivity contribution in [2.75, 3.05) is 19.8 Å². The highest BCUT2D eigenvalue weighted by molar-refractivity contribution is 5.89. The second-order valence-corrected chi connectivity index (χ2v) is 8.60. The molecule has 1 spiro atoms. The number of aryl methyl sites for hydroxylation is 1. The molecule has 160 valence electrons. The van der Waals surface area contributed by atoms with E-state index in [4.69, 9.17) is 14.6 Å². The van der Waals surface area contributed by atoms with Crippen LogP contribution in [0.2, 0.25) is 0 Å². The molecule has 2 aromatic rings. The molecule has 1 N–H and O–H groups in total. The van der Waals surface area contributed by atoms with Crippen molar-refractivity contribution in [3.63, 3.8) is 0 Å². The maximum Gasteiger partial charge on any atom is 0.244 e. The van der Waals surface area contributed by atoms with Gasteiger partial charge >= 0.3 is 0 Å². The maximum atomic E-state index is 13.4. The van der Waals surface area contributed by atoms with Crippen LogP contribution in [0.25, 0.3) is 11.3 Å². The molecule has 1 aromatic heterocycles. The molecule has 2 fully saturated rings. The third-order valence-corrected chi connectivity index (χ3v) is 6.62. The van der Waals surface area contributed by atoms with Crippen molar-refractivity contribution in [1.29, 1.82) is 0 Å². The van der Waals surface area contributed by atoms with Crippen LogP contribution in [-0.4, -0.2) is 45.9 Å². The fourth-order valence-corrected chi connectivity index (χ4v) is 5.12. The molecule has 2 aliphatic heterocycles. The van der Waals surface area contributed by atoms with E-state index in [1.54, 1.807) is 0 Å². The molecule has 5 rings (SSSR count). The highest BCUT2D eigenvalue weighted by Crippen LogP contribution is 2.42. The lowest BCUT2D eigenvalue weighted by Crippen LogP contribution is -2.48. The topological polar surface area (TPSA) is 68.6 Å². The fraction of sp³-hybridized carbons (Fsp3) is 0.565. The minimum atomic E-state index is -0.420. The zero-order valence-corrected chi connectivity index (χ0v) is 17.8. The number of hydrogen-bond donors (Lipinski definition) is 1. The van der Waals surface area contributed by atoms with Gasteiger partial charge in [0.25, 0.3) is 0 Å². The first-order valence-corrected chi connectivity index (χ1v) is 11.1. The average molecular weight is 411 g/mol. The predicted molar refractivity (Wildman–Crippen MR) is 113 cm³/mol. The molecule has 1 amide bonds. The highest BCUT2D eigenvalue weighted by Gasteiger charge is 2.51. The number of hydrogen-bond acceptors (Lipinski definition) is 5. The molecular formula is C23H30N4O3. The molecular weight excluding hydrogens is 380 g/mol. The van der Waals surface area contributed by atoms with Crippen LogP contribution in [0, 0.1) is 0 Å². The van der Waals surface area contributed by atoms with Crippen molar-refractivity contribution in [1.82, 2.24) is 20.0 Å². The van der Waals surface area contributed by atoms with Crippen LogP contribution in [0.5, 0.6) is 11.5 Å². The van der Waals surface area contributed by atoms with Gasteiger partial charge in [-0.3, -0.25) is 14.8 Å². The SMILES string of the molecule is CCN1C(=O)C2(CCCCC2)NC1c1cn(C)nc1-c1ccc2c(c1)OCCCO2. The Morgan fingerprint density at radius 3 is 2.67 bits per heavy atom. The van der Waals surface area contributed by atoms with Crippen LogP contribution in [-0.2, 0) is 11.8 Å². The fourth-order valence-electron chi connectivity index (χ4n) is 5.12. The molecule has 1 aliphatic carbocycles. The summed E-state index contributed by atoms with van der Waals surface area (Å²) < 4.78 is 13.5. The van der Waals surface area contributed by atoms with Gasteiger partial charge in [-0.15, -0.1) is 0 Å². The van der Waals surface area contributed by atoms with Gasteiger partial charge in [0.15, 0.2) is 11.5 Å². The minimum absolute atomic E-state index is 0.166. The average Bonchev–Trinajstić information content (AvgIpc) is 3.15. The van der Waals surface area contributed by atoms with Gasteiger partial charge in [0, 0.05) is 37.3 Å². The second-order valence-electron chi connectivity index (χ2n) is 8.60. The number of nitrogens with zero attached hydrogens (tertiary/aromatic N) is 3. The zero-order chi connectivity index (χ0) is 20.7. The first-order chi connectivity index (χ1) is 14.6. The van der Waals surface area contributed by atoms with Crippen molar-refractivity contribution < 1.29 is 14.3 Å². The Hall–Kier alpha value is -2.54. The van der Waals surface area contributed by atoms with Crippen LogP contribution in [0.4, 0.5) is 0 Å². The quantitative estimate of drug-likeness (QED) is 0.840. The summed E-state index contributed by atoms with van der Waals surface area (Å²) in [6.45, 7) is 4.05. The van der Waals surface area contributed by atoms with Crippen molar-refractivity contribution in [2.24, 2.45) is 7.05 Å². The number of benzene rings is 1. The van der Waals surface area contributed by atoms with Crippen LogP contribution >= 0.6 is 0 Å². The molecule has 3 aliphatic rings. The number of nitrogens with one attached hydrogen (secondary N) is 1. The molecule has 1 unspecified atom stereocenters. The zero-order valence-electron chi connectivity index (χ0n) is 17.8. The largest absolute Gasteiger partial charge is 0.490 e. The highest BCUT2D eigenvalue weighted by atomic mass is 16.5. The molecule has 1 saturated carbocycles. The van der Waals surface area contributed by atoms with Gasteiger partial charge in [0.1, 0.15) is 6.17 Å². The molecule has 3 heterocycles. The first-order valence-electron chi connectivity index (χ1n) is 11.1. The van der Waals surface area contributed by atoms with E-state index < -0.39 is 5.54 Å². The number of fused-ring (bicyclic) bond motifs is 1. The Morgan fingerprint density at radius 1 is 1.13 bits per heavy atom. The number of amides is 1. The van der Waals surface area contributed by atoms with Crippen molar-refractivity contribution in [2.45, 2.75) is 57.2 Å². The summed E-state index contributed by atoms with van der Waals surface area (Å²) in [5.41, 5.74) is 2.47. The van der Waals surface area contributed by atoms with Crippen LogP contribution in [0.3, 0.4) is 0 Å². The number of rotatable bonds is 3. The summed E-state index contributed by atoms with van der Waals surface area (Å²) in [5.74, 6) is 1.77. The molecule has 30 heavy (non-hydrogen) atoms. The Bertz CT molecular complexity index is 948. The maximum absolute atomic E-state index is 13.4. The lowest BCUT2D eigenvalue weighted by molar-refractivity contribution is -0.134. The first kappa shape index (κ1) is 19.4. The minimum Gasteiger partial charge on any atom is -0.490 e.